The molecule has 3 unspecified atom stereocenters. The number of amides is 1. The van der Waals surface area contributed by atoms with Crippen LogP contribution in [0.4, 0.5) is 0 Å². The summed E-state index contributed by atoms with van der Waals surface area (Å²) in [6, 6.07) is 0. The molecule has 0 radical (unpaired) electrons. The molecular formula is C18H34N2O. The molecular weight excluding hydrogens is 260 g/mol. The van der Waals surface area contributed by atoms with Crippen molar-refractivity contribution in [2.45, 2.75) is 85.4 Å². The fraction of sp³-hybridized carbons (Fsp3) is 0.944. The Morgan fingerprint density at radius 1 is 1.33 bits per heavy atom. The third-order valence-corrected chi connectivity index (χ3v) is 6.04. The summed E-state index contributed by atoms with van der Waals surface area (Å²) < 4.78 is 0. The molecule has 1 aliphatic carbocycles. The van der Waals surface area contributed by atoms with Crippen molar-refractivity contribution in [3.05, 3.63) is 0 Å². The van der Waals surface area contributed by atoms with Gasteiger partial charge in [-0.25, -0.2) is 0 Å². The molecule has 3 nitrogen and oxygen atoms in total. The largest absolute Gasteiger partial charge is 0.325 e. The summed E-state index contributed by atoms with van der Waals surface area (Å²) in [6.45, 7) is 14.2. The minimum Gasteiger partial charge on any atom is -0.325 e. The van der Waals surface area contributed by atoms with Crippen LogP contribution in [-0.4, -0.2) is 29.1 Å². The zero-order valence-corrected chi connectivity index (χ0v) is 14.8. The van der Waals surface area contributed by atoms with Crippen LogP contribution in [0, 0.1) is 17.3 Å². The van der Waals surface area contributed by atoms with Crippen LogP contribution in [0.3, 0.4) is 0 Å². The summed E-state index contributed by atoms with van der Waals surface area (Å²) in [4.78, 5) is 15.1. The monoisotopic (exact) mass is 294 g/mol. The molecule has 0 aromatic carbocycles. The SMILES string of the molecule is CCC1(C)NC(C2CCCC2)N(CC(C)C(C)(C)C)C1=O. The summed E-state index contributed by atoms with van der Waals surface area (Å²) >= 11 is 0. The van der Waals surface area contributed by atoms with Crippen LogP contribution in [0.1, 0.15) is 73.6 Å². The van der Waals surface area contributed by atoms with Crippen LogP contribution in [0.5, 0.6) is 0 Å². The van der Waals surface area contributed by atoms with E-state index in [9.17, 15) is 4.79 Å². The van der Waals surface area contributed by atoms with E-state index < -0.39 is 0 Å². The van der Waals surface area contributed by atoms with Gasteiger partial charge in [0.1, 0.15) is 0 Å². The Bertz CT molecular complexity index is 381. The van der Waals surface area contributed by atoms with Gasteiger partial charge in [-0.05, 0) is 43.4 Å². The second kappa shape index (κ2) is 5.91. The highest BCUT2D eigenvalue weighted by atomic mass is 16.2. The summed E-state index contributed by atoms with van der Waals surface area (Å²) in [5, 5.41) is 3.69. The first-order valence-corrected chi connectivity index (χ1v) is 8.78. The quantitative estimate of drug-likeness (QED) is 0.855. The minimum atomic E-state index is -0.356. The Hall–Kier alpha value is -0.570. The topological polar surface area (TPSA) is 32.3 Å². The van der Waals surface area contributed by atoms with E-state index in [-0.39, 0.29) is 17.1 Å². The predicted octanol–water partition coefficient (Wildman–Crippen LogP) is 3.79. The van der Waals surface area contributed by atoms with Crippen molar-refractivity contribution in [1.29, 1.82) is 0 Å². The van der Waals surface area contributed by atoms with Crippen molar-refractivity contribution in [2.24, 2.45) is 17.3 Å². The predicted molar refractivity (Wildman–Crippen MR) is 87.9 cm³/mol. The molecule has 1 saturated heterocycles. The molecule has 1 saturated carbocycles. The van der Waals surface area contributed by atoms with Gasteiger partial charge in [-0.2, -0.15) is 0 Å². The van der Waals surface area contributed by atoms with Crippen molar-refractivity contribution in [3.8, 4) is 0 Å². The number of rotatable bonds is 4. The molecule has 2 fully saturated rings. The Labute approximate surface area is 130 Å². The van der Waals surface area contributed by atoms with Gasteiger partial charge in [0.05, 0.1) is 11.7 Å². The van der Waals surface area contributed by atoms with Crippen LogP contribution in [0.25, 0.3) is 0 Å². The third-order valence-electron chi connectivity index (χ3n) is 6.04. The second-order valence-electron chi connectivity index (χ2n) is 8.54. The molecule has 3 atom stereocenters. The Balaban J connectivity index is 2.18. The third kappa shape index (κ3) is 3.28. The highest BCUT2D eigenvalue weighted by Crippen LogP contribution is 2.37. The molecule has 2 rings (SSSR count). The molecule has 0 aromatic heterocycles. The van der Waals surface area contributed by atoms with E-state index in [1.807, 2.05) is 0 Å². The first kappa shape index (κ1) is 16.8. The first-order chi connectivity index (χ1) is 9.69. The number of nitrogens with one attached hydrogen (secondary N) is 1. The van der Waals surface area contributed by atoms with Crippen molar-refractivity contribution >= 4 is 5.91 Å². The van der Waals surface area contributed by atoms with Gasteiger partial charge in [0.2, 0.25) is 5.91 Å². The van der Waals surface area contributed by atoms with Crippen LogP contribution in [0.2, 0.25) is 0 Å². The van der Waals surface area contributed by atoms with Crippen LogP contribution < -0.4 is 5.32 Å². The molecule has 122 valence electrons. The van der Waals surface area contributed by atoms with Gasteiger partial charge in [0.25, 0.3) is 0 Å². The highest BCUT2D eigenvalue weighted by molar-refractivity contribution is 5.88. The van der Waals surface area contributed by atoms with Crippen LogP contribution in [-0.2, 0) is 4.79 Å². The lowest BCUT2D eigenvalue weighted by Gasteiger charge is -2.35. The maximum absolute atomic E-state index is 13.0. The molecule has 0 bridgehead atoms. The van der Waals surface area contributed by atoms with Crippen molar-refractivity contribution in [1.82, 2.24) is 10.2 Å². The maximum Gasteiger partial charge on any atom is 0.243 e. The fourth-order valence-electron chi connectivity index (χ4n) is 3.57. The Morgan fingerprint density at radius 3 is 2.38 bits per heavy atom. The van der Waals surface area contributed by atoms with E-state index >= 15 is 0 Å². The van der Waals surface area contributed by atoms with Gasteiger partial charge >= 0.3 is 0 Å². The zero-order valence-electron chi connectivity index (χ0n) is 14.8. The molecule has 0 aromatic rings. The fourth-order valence-corrected chi connectivity index (χ4v) is 3.57. The van der Waals surface area contributed by atoms with Gasteiger partial charge in [-0.1, -0.05) is 47.5 Å². The summed E-state index contributed by atoms with van der Waals surface area (Å²) in [6.07, 6.45) is 6.31. The average Bonchev–Trinajstić information content (AvgIpc) is 3.00. The highest BCUT2D eigenvalue weighted by Gasteiger charge is 2.49. The molecule has 1 amide bonds. The maximum atomic E-state index is 13.0. The zero-order chi connectivity index (χ0) is 15.8. The van der Waals surface area contributed by atoms with E-state index in [1.165, 1.54) is 25.7 Å². The summed E-state index contributed by atoms with van der Waals surface area (Å²) in [7, 11) is 0. The van der Waals surface area contributed by atoms with Gasteiger partial charge in [-0.15, -0.1) is 0 Å². The molecule has 0 spiro atoms. The van der Waals surface area contributed by atoms with Crippen molar-refractivity contribution in [3.63, 3.8) is 0 Å². The van der Waals surface area contributed by atoms with E-state index in [2.05, 4.69) is 51.8 Å². The molecule has 21 heavy (non-hydrogen) atoms. The summed E-state index contributed by atoms with van der Waals surface area (Å²) in [5.74, 6) is 1.47. The Morgan fingerprint density at radius 2 is 1.90 bits per heavy atom. The molecule has 1 aliphatic heterocycles. The van der Waals surface area contributed by atoms with Gasteiger partial charge < -0.3 is 4.90 Å². The number of hydrogen-bond acceptors (Lipinski definition) is 2. The normalized spacial score (nSPS) is 33.0. The standard InChI is InChI=1S/C18H34N2O/c1-7-18(6)16(21)20(12-13(2)17(3,4)5)15(19-18)14-10-8-9-11-14/h13-15,19H,7-12H2,1-6H3. The lowest BCUT2D eigenvalue weighted by atomic mass is 9.81. The lowest BCUT2D eigenvalue weighted by Crippen LogP contribution is -2.46. The van der Waals surface area contributed by atoms with Crippen molar-refractivity contribution < 1.29 is 4.79 Å². The number of nitrogens with zero attached hydrogens (tertiary/aromatic N) is 1. The van der Waals surface area contributed by atoms with Crippen molar-refractivity contribution in [2.75, 3.05) is 6.54 Å². The first-order valence-electron chi connectivity index (χ1n) is 8.78. The number of hydrogen-bond donors (Lipinski definition) is 1. The van der Waals surface area contributed by atoms with Gasteiger partial charge in [0, 0.05) is 6.54 Å². The van der Waals surface area contributed by atoms with E-state index in [0.717, 1.165) is 13.0 Å². The second-order valence-corrected chi connectivity index (χ2v) is 8.54. The number of carbonyl (C=O) groups excluding carboxylic acids is 1. The van der Waals surface area contributed by atoms with Crippen LogP contribution >= 0.6 is 0 Å². The minimum absolute atomic E-state index is 0.242. The molecule has 3 heteroatoms. The van der Waals surface area contributed by atoms with Crippen LogP contribution in [0.15, 0.2) is 0 Å². The molecule has 1 heterocycles. The number of carbonyl (C=O) groups is 1. The Kier molecular flexibility index (Phi) is 4.72. The van der Waals surface area contributed by atoms with Gasteiger partial charge in [0.15, 0.2) is 0 Å². The average molecular weight is 294 g/mol. The lowest BCUT2D eigenvalue weighted by molar-refractivity contribution is -0.134. The van der Waals surface area contributed by atoms with E-state index in [1.54, 1.807) is 0 Å². The van der Waals surface area contributed by atoms with Gasteiger partial charge in [-0.3, -0.25) is 10.1 Å². The van der Waals surface area contributed by atoms with E-state index in [0.29, 0.717) is 17.7 Å². The molecule has 2 aliphatic rings. The smallest absolute Gasteiger partial charge is 0.243 e. The summed E-state index contributed by atoms with van der Waals surface area (Å²) in [5.41, 5.74) is -0.115. The van der Waals surface area contributed by atoms with E-state index in [4.69, 9.17) is 0 Å². The molecule has 1 N–H and O–H groups in total.